The number of fused-ring (bicyclic) bond motifs is 1. The fourth-order valence-electron chi connectivity index (χ4n) is 2.67. The first-order valence-corrected chi connectivity index (χ1v) is 7.55. The van der Waals surface area contributed by atoms with Gasteiger partial charge in [-0.25, -0.2) is 0 Å². The molecule has 112 valence electrons. The first kappa shape index (κ1) is 14.9. The Hall–Kier alpha value is -1.97. The van der Waals surface area contributed by atoms with Gasteiger partial charge in [0.05, 0.1) is 10.7 Å². The summed E-state index contributed by atoms with van der Waals surface area (Å²) < 4.78 is 1.87. The van der Waals surface area contributed by atoms with E-state index in [0.717, 1.165) is 16.5 Å². The monoisotopic (exact) mass is 332 g/mol. The number of hydrogen-bond donors (Lipinski definition) is 1. The molecule has 0 bridgehead atoms. The molecule has 0 aliphatic rings. The van der Waals surface area contributed by atoms with Crippen LogP contribution in [0, 0.1) is 6.92 Å². The van der Waals surface area contributed by atoms with Crippen LogP contribution in [0.4, 0.5) is 5.69 Å². The Morgan fingerprint density at radius 3 is 2.59 bits per heavy atom. The molecule has 1 N–H and O–H groups in total. The van der Waals surface area contributed by atoms with E-state index in [1.165, 1.54) is 0 Å². The Kier molecular flexibility index (Phi) is 3.85. The summed E-state index contributed by atoms with van der Waals surface area (Å²) in [4.78, 5) is 12.6. The maximum atomic E-state index is 12.6. The third kappa shape index (κ3) is 2.47. The summed E-state index contributed by atoms with van der Waals surface area (Å²) in [7, 11) is 1.87. The number of aromatic nitrogens is 1. The zero-order valence-corrected chi connectivity index (χ0v) is 13.7. The number of aryl methyl sites for hydroxylation is 2. The van der Waals surface area contributed by atoms with E-state index in [1.807, 2.05) is 48.9 Å². The van der Waals surface area contributed by atoms with Crippen LogP contribution in [0.5, 0.6) is 0 Å². The molecule has 22 heavy (non-hydrogen) atoms. The van der Waals surface area contributed by atoms with E-state index in [2.05, 4.69) is 5.32 Å². The van der Waals surface area contributed by atoms with Crippen LogP contribution in [0.25, 0.3) is 10.9 Å². The van der Waals surface area contributed by atoms with Gasteiger partial charge >= 0.3 is 0 Å². The van der Waals surface area contributed by atoms with E-state index in [0.29, 0.717) is 21.4 Å². The van der Waals surface area contributed by atoms with Crippen molar-refractivity contribution in [1.29, 1.82) is 0 Å². The molecule has 2 aromatic carbocycles. The second kappa shape index (κ2) is 5.67. The lowest BCUT2D eigenvalue weighted by Gasteiger charge is -2.09. The van der Waals surface area contributed by atoms with Gasteiger partial charge < -0.3 is 9.88 Å². The molecule has 0 aliphatic heterocycles. The van der Waals surface area contributed by atoms with Gasteiger partial charge in [0.1, 0.15) is 5.69 Å². The summed E-state index contributed by atoms with van der Waals surface area (Å²) >= 11 is 12.2. The number of nitrogens with one attached hydrogen (secondary N) is 1. The minimum absolute atomic E-state index is 0.194. The zero-order chi connectivity index (χ0) is 15.9. The smallest absolute Gasteiger partial charge is 0.272 e. The summed E-state index contributed by atoms with van der Waals surface area (Å²) in [6.45, 7) is 1.92. The number of carbonyl (C=O) groups is 1. The molecular weight excluding hydrogens is 319 g/mol. The zero-order valence-electron chi connectivity index (χ0n) is 12.2. The van der Waals surface area contributed by atoms with E-state index in [9.17, 15) is 4.79 Å². The molecule has 1 aromatic heterocycles. The van der Waals surface area contributed by atoms with Crippen LogP contribution < -0.4 is 5.32 Å². The second-order valence-corrected chi connectivity index (χ2v) is 5.97. The van der Waals surface area contributed by atoms with Crippen LogP contribution in [0.2, 0.25) is 10.0 Å². The molecule has 1 heterocycles. The van der Waals surface area contributed by atoms with Crippen LogP contribution in [0.1, 0.15) is 16.1 Å². The number of rotatable bonds is 2. The van der Waals surface area contributed by atoms with Gasteiger partial charge in [0.15, 0.2) is 0 Å². The minimum atomic E-state index is -0.194. The lowest BCUT2D eigenvalue weighted by molar-refractivity contribution is 0.101. The molecule has 0 radical (unpaired) electrons. The van der Waals surface area contributed by atoms with Gasteiger partial charge in [-0.05, 0) is 42.8 Å². The molecule has 3 rings (SSSR count). The SMILES string of the molecule is Cc1c(C(=O)Nc2ccccc2Cl)n(C)c2ccc(Cl)cc12. The first-order valence-electron chi connectivity index (χ1n) is 6.79. The molecule has 0 fully saturated rings. The summed E-state index contributed by atoms with van der Waals surface area (Å²) in [5.74, 6) is -0.194. The Morgan fingerprint density at radius 1 is 1.14 bits per heavy atom. The molecule has 0 aliphatic carbocycles. The largest absolute Gasteiger partial charge is 0.339 e. The van der Waals surface area contributed by atoms with Gasteiger partial charge in [0.2, 0.25) is 0 Å². The third-order valence-corrected chi connectivity index (χ3v) is 4.32. The van der Waals surface area contributed by atoms with Crippen LogP contribution >= 0.6 is 23.2 Å². The lowest BCUT2D eigenvalue weighted by Crippen LogP contribution is -2.17. The highest BCUT2D eigenvalue weighted by Gasteiger charge is 2.19. The average molecular weight is 333 g/mol. The maximum absolute atomic E-state index is 12.6. The third-order valence-electron chi connectivity index (χ3n) is 3.75. The summed E-state index contributed by atoms with van der Waals surface area (Å²) in [6.07, 6.45) is 0. The van der Waals surface area contributed by atoms with Gasteiger partial charge in [-0.1, -0.05) is 35.3 Å². The molecule has 0 atom stereocenters. The molecule has 5 heteroatoms. The van der Waals surface area contributed by atoms with Gasteiger partial charge in [-0.3, -0.25) is 4.79 Å². The molecule has 0 unspecified atom stereocenters. The second-order valence-electron chi connectivity index (χ2n) is 5.13. The first-order chi connectivity index (χ1) is 10.5. The molecule has 3 aromatic rings. The van der Waals surface area contributed by atoms with Crippen LogP contribution in [0.15, 0.2) is 42.5 Å². The van der Waals surface area contributed by atoms with Crippen molar-refractivity contribution in [1.82, 2.24) is 4.57 Å². The van der Waals surface area contributed by atoms with Gasteiger partial charge in [0, 0.05) is 23.0 Å². The quantitative estimate of drug-likeness (QED) is 0.700. The number of benzene rings is 2. The highest BCUT2D eigenvalue weighted by Crippen LogP contribution is 2.28. The van der Waals surface area contributed by atoms with Gasteiger partial charge in [-0.15, -0.1) is 0 Å². The number of hydrogen-bond acceptors (Lipinski definition) is 1. The minimum Gasteiger partial charge on any atom is -0.339 e. The number of halogens is 2. The molecule has 0 saturated carbocycles. The van der Waals surface area contributed by atoms with E-state index < -0.39 is 0 Å². The fraction of sp³-hybridized carbons (Fsp3) is 0.118. The maximum Gasteiger partial charge on any atom is 0.272 e. The van der Waals surface area contributed by atoms with Crippen molar-refractivity contribution in [3.63, 3.8) is 0 Å². The summed E-state index contributed by atoms with van der Waals surface area (Å²) in [5.41, 5.74) is 3.05. The number of amides is 1. The Labute approximate surface area is 138 Å². The number of para-hydroxylation sites is 1. The van der Waals surface area contributed by atoms with Crippen LogP contribution in [-0.2, 0) is 7.05 Å². The van der Waals surface area contributed by atoms with Gasteiger partial charge in [-0.2, -0.15) is 0 Å². The lowest BCUT2D eigenvalue weighted by atomic mass is 10.1. The molecule has 0 saturated heterocycles. The highest BCUT2D eigenvalue weighted by molar-refractivity contribution is 6.34. The van der Waals surface area contributed by atoms with Crippen molar-refractivity contribution in [3.05, 3.63) is 63.8 Å². The normalized spacial score (nSPS) is 10.9. The van der Waals surface area contributed by atoms with Crippen molar-refractivity contribution in [2.24, 2.45) is 7.05 Å². The predicted molar refractivity (Wildman–Crippen MR) is 92.1 cm³/mol. The van der Waals surface area contributed by atoms with E-state index in [1.54, 1.807) is 12.1 Å². The van der Waals surface area contributed by atoms with Crippen LogP contribution in [0.3, 0.4) is 0 Å². The van der Waals surface area contributed by atoms with E-state index in [-0.39, 0.29) is 5.91 Å². The Balaban J connectivity index is 2.06. The fourth-order valence-corrected chi connectivity index (χ4v) is 3.02. The van der Waals surface area contributed by atoms with E-state index >= 15 is 0 Å². The van der Waals surface area contributed by atoms with Crippen molar-refractivity contribution in [3.8, 4) is 0 Å². The van der Waals surface area contributed by atoms with Crippen molar-refractivity contribution in [2.45, 2.75) is 6.92 Å². The van der Waals surface area contributed by atoms with Crippen molar-refractivity contribution >= 4 is 45.7 Å². The Morgan fingerprint density at radius 2 is 1.86 bits per heavy atom. The van der Waals surface area contributed by atoms with Crippen molar-refractivity contribution < 1.29 is 4.79 Å². The highest BCUT2D eigenvalue weighted by atomic mass is 35.5. The number of nitrogens with zero attached hydrogens (tertiary/aromatic N) is 1. The summed E-state index contributed by atoms with van der Waals surface area (Å²) in [6, 6.07) is 12.8. The van der Waals surface area contributed by atoms with Crippen LogP contribution in [-0.4, -0.2) is 10.5 Å². The summed E-state index contributed by atoms with van der Waals surface area (Å²) in [5, 5.41) is 4.99. The molecule has 1 amide bonds. The average Bonchev–Trinajstić information content (AvgIpc) is 2.73. The number of anilines is 1. The molecule has 0 spiro atoms. The van der Waals surface area contributed by atoms with E-state index in [4.69, 9.17) is 23.2 Å². The standard InChI is InChI=1S/C17H14Cl2N2O/c1-10-12-9-11(18)7-8-15(12)21(2)16(10)17(22)20-14-6-4-3-5-13(14)19/h3-9H,1-2H3,(H,20,22). The van der Waals surface area contributed by atoms with Crippen molar-refractivity contribution in [2.75, 3.05) is 5.32 Å². The topological polar surface area (TPSA) is 34.0 Å². The Bertz CT molecular complexity index is 884. The number of carbonyl (C=O) groups excluding carboxylic acids is 1. The van der Waals surface area contributed by atoms with Gasteiger partial charge in [0.25, 0.3) is 5.91 Å². The molecular formula is C17H14Cl2N2O. The predicted octanol–water partition coefficient (Wildman–Crippen LogP) is 5.05. The molecule has 3 nitrogen and oxygen atoms in total.